The summed E-state index contributed by atoms with van der Waals surface area (Å²) in [6, 6.07) is 0. The van der Waals surface area contributed by atoms with Gasteiger partial charge in [-0.1, -0.05) is 0 Å². The zero-order valence-electron chi connectivity index (χ0n) is 1.21. The van der Waals surface area contributed by atoms with Crippen molar-refractivity contribution in [2.75, 3.05) is 0 Å². The van der Waals surface area contributed by atoms with E-state index in [2.05, 4.69) is 0 Å². The molecule has 0 aromatic carbocycles. The Morgan fingerprint density at radius 3 is 0.750 bits per heavy atom. The van der Waals surface area contributed by atoms with Crippen LogP contribution in [0, 0.1) is 40.8 Å². The van der Waals surface area contributed by atoms with Gasteiger partial charge in [0, 0.05) is 75.0 Å². The smallest absolute Gasteiger partial charge is 0 e. The Bertz CT molecular complexity index is 6.00. The van der Waals surface area contributed by atoms with Crippen LogP contribution < -0.4 is 0 Å². The largest absolute Gasteiger partial charge is 0.0814 e. The standard InChI is InChI=1S/BH3.2Fe.Nd/h1H3;;;. The van der Waals surface area contributed by atoms with Gasteiger partial charge in [-0.3, -0.25) is 0 Å². The summed E-state index contributed by atoms with van der Waals surface area (Å²) in [5.74, 6) is 0. The van der Waals surface area contributed by atoms with Gasteiger partial charge >= 0.3 is 0 Å². The van der Waals surface area contributed by atoms with Crippen LogP contribution in [-0.2, 0) is 34.1 Å². The third kappa shape index (κ3) is 8.82. The molecule has 0 heterocycles. The summed E-state index contributed by atoms with van der Waals surface area (Å²) in [5.41, 5.74) is 0. The van der Waals surface area contributed by atoms with E-state index in [9.17, 15) is 0 Å². The van der Waals surface area contributed by atoms with Crippen LogP contribution in [0.5, 0.6) is 0 Å². The summed E-state index contributed by atoms with van der Waals surface area (Å²) >= 11 is 0. The molecule has 0 aromatic heterocycles. The van der Waals surface area contributed by atoms with Gasteiger partial charge in [-0.2, -0.15) is 0 Å². The van der Waals surface area contributed by atoms with Crippen LogP contribution in [0.4, 0.5) is 0 Å². The topological polar surface area (TPSA) is 0 Å². The fourth-order valence-corrected chi connectivity index (χ4v) is 0. The third-order valence-electron chi connectivity index (χ3n) is 0. The fourth-order valence-electron chi connectivity index (χ4n) is 0. The van der Waals surface area contributed by atoms with Gasteiger partial charge in [-0.15, -0.1) is 0 Å². The van der Waals surface area contributed by atoms with Crippen molar-refractivity contribution in [1.29, 1.82) is 0 Å². The third-order valence-corrected chi connectivity index (χ3v) is 0. The molecule has 0 amide bonds. The van der Waals surface area contributed by atoms with Gasteiger partial charge < -0.3 is 0 Å². The maximum Gasteiger partial charge on any atom is 0.0814 e. The van der Waals surface area contributed by atoms with Crippen LogP contribution >= 0.6 is 0 Å². The zero-order valence-corrected chi connectivity index (χ0v) is 6.62. The number of hydrogen-bond acceptors (Lipinski definition) is 0. The van der Waals surface area contributed by atoms with Crippen molar-refractivity contribution < 1.29 is 75.0 Å². The van der Waals surface area contributed by atoms with E-state index in [1.807, 2.05) is 0 Å². The van der Waals surface area contributed by atoms with Gasteiger partial charge in [-0.25, -0.2) is 0 Å². The zero-order chi connectivity index (χ0) is 0. The second-order valence-electron chi connectivity index (χ2n) is 0. The average molecular weight is 270 g/mol. The first-order valence-corrected chi connectivity index (χ1v) is 0. The number of hydrogen-bond donors (Lipinski definition) is 0. The molecule has 4 heteroatoms. The maximum absolute atomic E-state index is 0. The van der Waals surface area contributed by atoms with Crippen molar-refractivity contribution in [2.24, 2.45) is 0 Å². The molecular formula is H3BFe2Nd. The molecule has 0 radical (unpaired) electrons. The van der Waals surface area contributed by atoms with Gasteiger partial charge in [0.15, 0.2) is 0 Å². The minimum absolute atomic E-state index is 0. The van der Waals surface area contributed by atoms with Crippen molar-refractivity contribution in [3.63, 3.8) is 0 Å². The van der Waals surface area contributed by atoms with Crippen LogP contribution in [0.3, 0.4) is 0 Å². The minimum Gasteiger partial charge on any atom is 0 e. The molecule has 0 spiro atoms. The summed E-state index contributed by atoms with van der Waals surface area (Å²) in [7, 11) is 0. The Morgan fingerprint density at radius 2 is 0.750 bits per heavy atom. The van der Waals surface area contributed by atoms with Crippen molar-refractivity contribution in [3.8, 4) is 0 Å². The molecule has 0 aliphatic rings. The van der Waals surface area contributed by atoms with E-state index in [1.54, 1.807) is 0 Å². The van der Waals surface area contributed by atoms with Crippen LogP contribution in [0.15, 0.2) is 0 Å². The van der Waals surface area contributed by atoms with Gasteiger partial charge in [0.1, 0.15) is 0 Å². The molecule has 0 bridgehead atoms. The summed E-state index contributed by atoms with van der Waals surface area (Å²) in [6.45, 7) is 0. The van der Waals surface area contributed by atoms with E-state index in [0.717, 1.165) is 0 Å². The summed E-state index contributed by atoms with van der Waals surface area (Å²) in [6.07, 6.45) is 0. The Balaban J connectivity index is 0. The van der Waals surface area contributed by atoms with E-state index >= 15 is 0 Å². The van der Waals surface area contributed by atoms with Gasteiger partial charge in [0.2, 0.25) is 0 Å². The predicted molar refractivity (Wildman–Crippen MR) is 9.94 cm³/mol. The molecule has 0 nitrogen and oxygen atoms in total. The number of rotatable bonds is 0. The average Bonchev–Trinajstić information content (AvgIpc) is 0. The quantitative estimate of drug-likeness (QED) is 0.486. The van der Waals surface area contributed by atoms with E-state index in [-0.39, 0.29) is 83.4 Å². The molecule has 0 aromatic rings. The Kier molecular flexibility index (Phi) is 143. The summed E-state index contributed by atoms with van der Waals surface area (Å²) in [5, 5.41) is 0. The molecule has 0 N–H and O–H groups in total. The first-order chi connectivity index (χ1) is 0. The van der Waals surface area contributed by atoms with Crippen molar-refractivity contribution in [3.05, 3.63) is 0 Å². The maximum atomic E-state index is 0. The minimum atomic E-state index is 0. The molecule has 0 rings (SSSR count). The van der Waals surface area contributed by atoms with Crippen LogP contribution in [0.25, 0.3) is 0 Å². The molecule has 0 aliphatic carbocycles. The van der Waals surface area contributed by atoms with E-state index in [1.165, 1.54) is 0 Å². The molecule has 0 unspecified atom stereocenters. The van der Waals surface area contributed by atoms with Crippen molar-refractivity contribution >= 4 is 8.41 Å². The second kappa shape index (κ2) is 18.0. The van der Waals surface area contributed by atoms with Gasteiger partial charge in [0.25, 0.3) is 0 Å². The summed E-state index contributed by atoms with van der Waals surface area (Å²) < 4.78 is 0. The Morgan fingerprint density at radius 1 is 0.750 bits per heavy atom. The van der Waals surface area contributed by atoms with Gasteiger partial charge in [-0.05, 0) is 0 Å². The Labute approximate surface area is 81.9 Å². The fraction of sp³-hybridized carbons (Fsp3) is 0. The first-order valence-electron chi connectivity index (χ1n) is 0. The monoisotopic (exact) mass is 268 g/mol. The Hall–Kier alpha value is 2.45. The molecule has 0 saturated heterocycles. The van der Waals surface area contributed by atoms with Crippen LogP contribution in [-0.4, -0.2) is 8.41 Å². The van der Waals surface area contributed by atoms with Crippen LogP contribution in [0.2, 0.25) is 0 Å². The molecule has 0 aliphatic heterocycles. The SMILES string of the molecule is B.[Fe].[Fe].[Nd]. The first kappa shape index (κ1) is 31.9. The molecule has 0 atom stereocenters. The molecular weight excluding hydrogens is 267 g/mol. The van der Waals surface area contributed by atoms with E-state index in [0.29, 0.717) is 0 Å². The molecule has 0 saturated carbocycles. The summed E-state index contributed by atoms with van der Waals surface area (Å²) in [4.78, 5) is 0. The van der Waals surface area contributed by atoms with Crippen molar-refractivity contribution in [2.45, 2.75) is 0 Å². The molecule has 0 fully saturated rings. The van der Waals surface area contributed by atoms with Gasteiger partial charge in [0.05, 0.1) is 8.41 Å². The normalized spacial score (nSPS) is 0. The van der Waals surface area contributed by atoms with E-state index < -0.39 is 0 Å². The van der Waals surface area contributed by atoms with Crippen molar-refractivity contribution in [1.82, 2.24) is 0 Å². The molecule has 26 valence electrons. The van der Waals surface area contributed by atoms with E-state index in [4.69, 9.17) is 0 Å². The second-order valence-corrected chi connectivity index (χ2v) is 0. The van der Waals surface area contributed by atoms with Crippen LogP contribution in [0.1, 0.15) is 0 Å². The predicted octanol–water partition coefficient (Wildman–Crippen LogP) is -1.19. The molecule has 4 heavy (non-hydrogen) atoms.